The van der Waals surface area contributed by atoms with Gasteiger partial charge in [0.25, 0.3) is 0 Å². The van der Waals surface area contributed by atoms with E-state index in [1.807, 2.05) is 20.8 Å². The largest absolute Gasteiger partial charge is 0.313 e. The second-order valence-electron chi connectivity index (χ2n) is 3.56. The number of nitrogens with one attached hydrogen (secondary N) is 1. The minimum absolute atomic E-state index is 0.901. The van der Waals surface area contributed by atoms with Crippen LogP contribution < -0.4 is 5.32 Å². The minimum atomic E-state index is 0.901. The lowest BCUT2D eigenvalue weighted by Gasteiger charge is -2.08. The average molecular weight is 207 g/mol. The Morgan fingerprint density at radius 2 is 1.87 bits per heavy atom. The van der Waals surface area contributed by atoms with Gasteiger partial charge in [0.1, 0.15) is 5.82 Å². The van der Waals surface area contributed by atoms with Gasteiger partial charge in [-0.05, 0) is 33.2 Å². The maximum Gasteiger partial charge on any atom is 0.125 e. The third kappa shape index (κ3) is 2.99. The van der Waals surface area contributed by atoms with E-state index in [1.54, 1.807) is 0 Å². The first-order valence-electron chi connectivity index (χ1n) is 5.81. The molecule has 0 saturated heterocycles. The Hall–Kier alpha value is -0.960. The second-order valence-corrected chi connectivity index (χ2v) is 3.56. The molecule has 2 heterocycles. The van der Waals surface area contributed by atoms with E-state index in [2.05, 4.69) is 22.2 Å². The third-order valence-electron chi connectivity index (χ3n) is 2.48. The highest BCUT2D eigenvalue weighted by Crippen LogP contribution is 2.14. The zero-order valence-corrected chi connectivity index (χ0v) is 10.2. The predicted octanol–water partition coefficient (Wildman–Crippen LogP) is 2.16. The van der Waals surface area contributed by atoms with Gasteiger partial charge < -0.3 is 5.32 Å². The number of nitrogens with zero attached hydrogens (tertiary/aromatic N) is 2. The highest BCUT2D eigenvalue weighted by Gasteiger charge is 2.12. The predicted molar refractivity (Wildman–Crippen MR) is 62.9 cm³/mol. The molecule has 84 valence electrons. The third-order valence-corrected chi connectivity index (χ3v) is 2.48. The molecule has 1 aliphatic heterocycles. The highest BCUT2D eigenvalue weighted by molar-refractivity contribution is 5.26. The van der Waals surface area contributed by atoms with Gasteiger partial charge in [-0.25, -0.2) is 9.97 Å². The van der Waals surface area contributed by atoms with E-state index < -0.39 is 0 Å². The van der Waals surface area contributed by atoms with Crippen molar-refractivity contribution in [3.05, 3.63) is 22.8 Å². The van der Waals surface area contributed by atoms with Crippen LogP contribution in [0.25, 0.3) is 0 Å². The summed E-state index contributed by atoms with van der Waals surface area (Å²) < 4.78 is 0. The highest BCUT2D eigenvalue weighted by atomic mass is 14.9. The fourth-order valence-electron chi connectivity index (χ4n) is 1.84. The van der Waals surface area contributed by atoms with Gasteiger partial charge in [-0.15, -0.1) is 0 Å². The fraction of sp³-hybridized carbons (Fsp3) is 0.667. The van der Waals surface area contributed by atoms with E-state index >= 15 is 0 Å². The van der Waals surface area contributed by atoms with E-state index in [0.29, 0.717) is 0 Å². The lowest BCUT2D eigenvalue weighted by atomic mass is 10.1. The van der Waals surface area contributed by atoms with Crippen molar-refractivity contribution in [1.29, 1.82) is 0 Å². The summed E-state index contributed by atoms with van der Waals surface area (Å²) in [7, 11) is 0. The van der Waals surface area contributed by atoms with Crippen LogP contribution >= 0.6 is 0 Å². The van der Waals surface area contributed by atoms with Crippen LogP contribution in [0.2, 0.25) is 0 Å². The second kappa shape index (κ2) is 5.81. The Kier molecular flexibility index (Phi) is 4.69. The van der Waals surface area contributed by atoms with E-state index in [9.17, 15) is 0 Å². The summed E-state index contributed by atoms with van der Waals surface area (Å²) in [6.45, 7) is 10.1. The molecule has 0 atom stereocenters. The van der Waals surface area contributed by atoms with Crippen LogP contribution in [-0.4, -0.2) is 16.5 Å². The number of aromatic nitrogens is 2. The molecule has 0 amide bonds. The molecule has 0 fully saturated rings. The molecule has 0 aromatic carbocycles. The molecule has 0 aliphatic carbocycles. The number of fused-ring (bicyclic) bond motifs is 1. The molecular weight excluding hydrogens is 186 g/mol. The van der Waals surface area contributed by atoms with Crippen LogP contribution in [0.15, 0.2) is 0 Å². The standard InChI is InChI=1S/C10H15N3.C2H6/c1-7-9-6-11-5-3-4-10(9)13-8(2)12-7;1-2/h11H,3-6H2,1-2H3;1-2H3. The topological polar surface area (TPSA) is 37.8 Å². The number of rotatable bonds is 0. The van der Waals surface area contributed by atoms with Gasteiger partial charge in [0.15, 0.2) is 0 Å². The molecular formula is C12H21N3. The van der Waals surface area contributed by atoms with Gasteiger partial charge in [0.05, 0.1) is 0 Å². The molecule has 1 aromatic heterocycles. The van der Waals surface area contributed by atoms with Crippen LogP contribution in [0.1, 0.15) is 43.0 Å². The molecule has 3 heteroatoms. The zero-order valence-electron chi connectivity index (χ0n) is 10.2. The van der Waals surface area contributed by atoms with Crippen molar-refractivity contribution in [2.45, 2.75) is 47.1 Å². The normalized spacial score (nSPS) is 14.7. The van der Waals surface area contributed by atoms with Crippen molar-refractivity contribution in [2.75, 3.05) is 6.54 Å². The first-order chi connectivity index (χ1) is 7.27. The smallest absolute Gasteiger partial charge is 0.125 e. The maximum absolute atomic E-state index is 4.48. The van der Waals surface area contributed by atoms with Gasteiger partial charge >= 0.3 is 0 Å². The summed E-state index contributed by atoms with van der Waals surface area (Å²) >= 11 is 0. The van der Waals surface area contributed by atoms with Crippen molar-refractivity contribution in [2.24, 2.45) is 0 Å². The quantitative estimate of drug-likeness (QED) is 0.708. The molecule has 0 unspecified atom stereocenters. The van der Waals surface area contributed by atoms with Crippen molar-refractivity contribution >= 4 is 0 Å². The number of hydrogen-bond acceptors (Lipinski definition) is 3. The molecule has 1 aliphatic rings. The summed E-state index contributed by atoms with van der Waals surface area (Å²) in [6.07, 6.45) is 2.27. The first-order valence-corrected chi connectivity index (χ1v) is 5.81. The van der Waals surface area contributed by atoms with Crippen LogP contribution in [0.3, 0.4) is 0 Å². The molecule has 0 saturated carbocycles. The van der Waals surface area contributed by atoms with Crippen LogP contribution in [0, 0.1) is 13.8 Å². The van der Waals surface area contributed by atoms with Crippen LogP contribution in [0.4, 0.5) is 0 Å². The Morgan fingerprint density at radius 1 is 1.13 bits per heavy atom. The molecule has 1 N–H and O–H groups in total. The zero-order chi connectivity index (χ0) is 11.3. The summed E-state index contributed by atoms with van der Waals surface area (Å²) in [4.78, 5) is 8.86. The molecule has 0 radical (unpaired) electrons. The summed E-state index contributed by atoms with van der Waals surface area (Å²) in [5, 5.41) is 3.38. The van der Waals surface area contributed by atoms with Crippen LogP contribution in [0.5, 0.6) is 0 Å². The van der Waals surface area contributed by atoms with Crippen molar-refractivity contribution in [3.63, 3.8) is 0 Å². The Labute approximate surface area is 92.3 Å². The first kappa shape index (κ1) is 12.1. The molecule has 3 nitrogen and oxygen atoms in total. The molecule has 1 aromatic rings. The van der Waals surface area contributed by atoms with Crippen LogP contribution in [-0.2, 0) is 13.0 Å². The maximum atomic E-state index is 4.48. The van der Waals surface area contributed by atoms with Gasteiger partial charge in [-0.1, -0.05) is 13.8 Å². The number of aryl methyl sites for hydroxylation is 3. The Bertz CT molecular complexity index is 321. The molecule has 0 spiro atoms. The van der Waals surface area contributed by atoms with E-state index in [1.165, 1.54) is 17.7 Å². The monoisotopic (exact) mass is 207 g/mol. The minimum Gasteiger partial charge on any atom is -0.313 e. The molecule has 15 heavy (non-hydrogen) atoms. The lowest BCUT2D eigenvalue weighted by Crippen LogP contribution is -2.13. The lowest BCUT2D eigenvalue weighted by molar-refractivity contribution is 0.678. The van der Waals surface area contributed by atoms with Gasteiger partial charge in [-0.2, -0.15) is 0 Å². The van der Waals surface area contributed by atoms with Crippen molar-refractivity contribution < 1.29 is 0 Å². The SMILES string of the molecule is CC.Cc1nc(C)c2c(n1)CCCNC2. The van der Waals surface area contributed by atoms with E-state index in [-0.39, 0.29) is 0 Å². The molecule has 0 bridgehead atoms. The number of hydrogen-bond donors (Lipinski definition) is 1. The summed E-state index contributed by atoms with van der Waals surface area (Å²) in [6, 6.07) is 0. The van der Waals surface area contributed by atoms with E-state index in [4.69, 9.17) is 0 Å². The van der Waals surface area contributed by atoms with Gasteiger partial charge in [0, 0.05) is 23.5 Å². The Morgan fingerprint density at radius 3 is 2.60 bits per heavy atom. The average Bonchev–Trinajstić information content (AvgIpc) is 2.46. The fourth-order valence-corrected chi connectivity index (χ4v) is 1.84. The van der Waals surface area contributed by atoms with Gasteiger partial charge in [0.2, 0.25) is 0 Å². The Balaban J connectivity index is 0.000000531. The van der Waals surface area contributed by atoms with Crippen molar-refractivity contribution in [3.8, 4) is 0 Å². The van der Waals surface area contributed by atoms with E-state index in [0.717, 1.165) is 31.0 Å². The summed E-state index contributed by atoms with van der Waals surface area (Å²) in [5.41, 5.74) is 3.69. The van der Waals surface area contributed by atoms with Crippen molar-refractivity contribution in [1.82, 2.24) is 15.3 Å². The summed E-state index contributed by atoms with van der Waals surface area (Å²) in [5.74, 6) is 0.901. The van der Waals surface area contributed by atoms with Gasteiger partial charge in [-0.3, -0.25) is 0 Å². The molecule has 2 rings (SSSR count).